The molecule has 0 radical (unpaired) electrons. The zero-order valence-corrected chi connectivity index (χ0v) is 12.0. The SMILES string of the molecule is Cc1nc(Sc2ccc(C(C)N)c(Br)c2)n[nH]1. The van der Waals surface area contributed by atoms with E-state index in [0.29, 0.717) is 0 Å². The molecule has 1 aromatic heterocycles. The molecule has 0 aliphatic carbocycles. The van der Waals surface area contributed by atoms with Gasteiger partial charge >= 0.3 is 0 Å². The molecule has 90 valence electrons. The molecule has 0 saturated carbocycles. The number of H-pyrrole nitrogens is 1. The van der Waals surface area contributed by atoms with Crippen molar-refractivity contribution in [2.24, 2.45) is 5.73 Å². The summed E-state index contributed by atoms with van der Waals surface area (Å²) in [6, 6.07) is 6.11. The molecule has 0 aliphatic heterocycles. The number of nitrogens with zero attached hydrogens (tertiary/aromatic N) is 2. The number of benzene rings is 1. The van der Waals surface area contributed by atoms with Crippen LogP contribution in [0.1, 0.15) is 24.4 Å². The molecule has 0 spiro atoms. The maximum atomic E-state index is 5.85. The Bertz CT molecular complexity index is 524. The Kier molecular flexibility index (Phi) is 3.86. The number of nitrogens with one attached hydrogen (secondary N) is 1. The van der Waals surface area contributed by atoms with Crippen LogP contribution in [0.4, 0.5) is 0 Å². The smallest absolute Gasteiger partial charge is 0.213 e. The highest BCUT2D eigenvalue weighted by molar-refractivity contribution is 9.10. The minimum absolute atomic E-state index is 0.0224. The second kappa shape index (κ2) is 5.20. The Morgan fingerprint density at radius 2 is 2.24 bits per heavy atom. The van der Waals surface area contributed by atoms with Gasteiger partial charge in [0, 0.05) is 15.4 Å². The molecule has 6 heteroatoms. The monoisotopic (exact) mass is 312 g/mol. The first kappa shape index (κ1) is 12.6. The molecule has 1 unspecified atom stereocenters. The van der Waals surface area contributed by atoms with Crippen LogP contribution in [0.2, 0.25) is 0 Å². The summed E-state index contributed by atoms with van der Waals surface area (Å²) in [6.45, 7) is 3.84. The van der Waals surface area contributed by atoms with Crippen LogP contribution >= 0.6 is 27.7 Å². The van der Waals surface area contributed by atoms with E-state index in [9.17, 15) is 0 Å². The van der Waals surface area contributed by atoms with Crippen molar-refractivity contribution in [3.05, 3.63) is 34.1 Å². The van der Waals surface area contributed by atoms with Gasteiger partial charge in [-0.1, -0.05) is 22.0 Å². The molecule has 0 aliphatic rings. The highest BCUT2D eigenvalue weighted by Gasteiger charge is 2.08. The van der Waals surface area contributed by atoms with Crippen LogP contribution in [-0.4, -0.2) is 15.2 Å². The van der Waals surface area contributed by atoms with Crippen LogP contribution in [0, 0.1) is 6.92 Å². The highest BCUT2D eigenvalue weighted by atomic mass is 79.9. The molecule has 1 atom stereocenters. The number of nitrogens with two attached hydrogens (primary N) is 1. The fraction of sp³-hybridized carbons (Fsp3) is 0.273. The van der Waals surface area contributed by atoms with E-state index >= 15 is 0 Å². The van der Waals surface area contributed by atoms with E-state index in [-0.39, 0.29) is 6.04 Å². The Hall–Kier alpha value is -0.850. The minimum Gasteiger partial charge on any atom is -0.324 e. The van der Waals surface area contributed by atoms with Crippen molar-refractivity contribution < 1.29 is 0 Å². The highest BCUT2D eigenvalue weighted by Crippen LogP contribution is 2.30. The van der Waals surface area contributed by atoms with Crippen molar-refractivity contribution in [3.8, 4) is 0 Å². The lowest BCUT2D eigenvalue weighted by Gasteiger charge is -2.09. The fourth-order valence-corrected chi connectivity index (χ4v) is 3.10. The maximum absolute atomic E-state index is 5.85. The predicted molar refractivity (Wildman–Crippen MR) is 72.0 cm³/mol. The number of hydrogen-bond acceptors (Lipinski definition) is 4. The number of aryl methyl sites for hydroxylation is 1. The van der Waals surface area contributed by atoms with Crippen molar-refractivity contribution >= 4 is 27.7 Å². The topological polar surface area (TPSA) is 67.6 Å². The average Bonchev–Trinajstić information content (AvgIpc) is 2.63. The second-order valence-electron chi connectivity index (χ2n) is 3.78. The van der Waals surface area contributed by atoms with E-state index in [1.807, 2.05) is 32.0 Å². The van der Waals surface area contributed by atoms with Crippen molar-refractivity contribution in [3.63, 3.8) is 0 Å². The first-order chi connectivity index (χ1) is 8.06. The van der Waals surface area contributed by atoms with E-state index in [2.05, 4.69) is 31.1 Å². The summed E-state index contributed by atoms with van der Waals surface area (Å²) in [5, 5.41) is 7.63. The third kappa shape index (κ3) is 3.08. The average molecular weight is 313 g/mol. The Morgan fingerprint density at radius 3 is 2.76 bits per heavy atom. The third-order valence-electron chi connectivity index (χ3n) is 2.25. The van der Waals surface area contributed by atoms with Gasteiger partial charge in [0.15, 0.2) is 0 Å². The molecule has 2 aromatic rings. The quantitative estimate of drug-likeness (QED) is 0.914. The van der Waals surface area contributed by atoms with Gasteiger partial charge in [-0.25, -0.2) is 4.98 Å². The Labute approximate surface area is 113 Å². The molecular weight excluding hydrogens is 300 g/mol. The van der Waals surface area contributed by atoms with Gasteiger partial charge in [-0.05, 0) is 43.3 Å². The van der Waals surface area contributed by atoms with Crippen molar-refractivity contribution in [2.45, 2.75) is 29.9 Å². The molecule has 0 bridgehead atoms. The van der Waals surface area contributed by atoms with E-state index in [4.69, 9.17) is 5.73 Å². The van der Waals surface area contributed by atoms with Crippen molar-refractivity contribution in [2.75, 3.05) is 0 Å². The molecule has 1 aromatic carbocycles. The van der Waals surface area contributed by atoms with E-state index < -0.39 is 0 Å². The molecule has 0 amide bonds. The van der Waals surface area contributed by atoms with Gasteiger partial charge in [-0.15, -0.1) is 5.10 Å². The number of aromatic amines is 1. The predicted octanol–water partition coefficient (Wildman–Crippen LogP) is 3.05. The number of rotatable bonds is 3. The first-order valence-corrected chi connectivity index (χ1v) is 6.79. The molecule has 0 saturated heterocycles. The van der Waals surface area contributed by atoms with Crippen LogP contribution in [-0.2, 0) is 0 Å². The van der Waals surface area contributed by atoms with Gasteiger partial charge in [-0.3, -0.25) is 5.10 Å². The lowest BCUT2D eigenvalue weighted by atomic mass is 10.1. The molecular formula is C11H13BrN4S. The molecule has 17 heavy (non-hydrogen) atoms. The van der Waals surface area contributed by atoms with E-state index in [1.54, 1.807) is 0 Å². The van der Waals surface area contributed by atoms with E-state index in [1.165, 1.54) is 11.8 Å². The molecule has 0 fully saturated rings. The van der Waals surface area contributed by atoms with Crippen LogP contribution in [0.25, 0.3) is 0 Å². The van der Waals surface area contributed by atoms with Gasteiger partial charge in [0.05, 0.1) is 0 Å². The standard InChI is InChI=1S/C11H13BrN4S/c1-6(13)9-4-3-8(5-10(9)12)17-11-14-7(2)15-16-11/h3-6H,13H2,1-2H3,(H,14,15,16). The summed E-state index contributed by atoms with van der Waals surface area (Å²) in [6.07, 6.45) is 0. The van der Waals surface area contributed by atoms with Gasteiger partial charge in [0.2, 0.25) is 5.16 Å². The minimum atomic E-state index is 0.0224. The van der Waals surface area contributed by atoms with Gasteiger partial charge in [0.1, 0.15) is 5.82 Å². The lowest BCUT2D eigenvalue weighted by Crippen LogP contribution is -2.05. The summed E-state index contributed by atoms with van der Waals surface area (Å²) >= 11 is 5.04. The van der Waals surface area contributed by atoms with Crippen molar-refractivity contribution in [1.82, 2.24) is 15.2 Å². The third-order valence-corrected chi connectivity index (χ3v) is 3.79. The summed E-state index contributed by atoms with van der Waals surface area (Å²) in [4.78, 5) is 5.33. The molecule has 1 heterocycles. The van der Waals surface area contributed by atoms with Gasteiger partial charge < -0.3 is 5.73 Å². The van der Waals surface area contributed by atoms with Crippen molar-refractivity contribution in [1.29, 1.82) is 0 Å². The first-order valence-electron chi connectivity index (χ1n) is 5.18. The maximum Gasteiger partial charge on any atom is 0.213 e. The number of halogens is 1. The molecule has 4 nitrogen and oxygen atoms in total. The van der Waals surface area contributed by atoms with Gasteiger partial charge in [0.25, 0.3) is 0 Å². The Balaban J connectivity index is 2.20. The molecule has 3 N–H and O–H groups in total. The summed E-state index contributed by atoms with van der Waals surface area (Å²) < 4.78 is 1.02. The Morgan fingerprint density at radius 1 is 1.47 bits per heavy atom. The molecule has 2 rings (SSSR count). The van der Waals surface area contributed by atoms with Crippen LogP contribution < -0.4 is 5.73 Å². The lowest BCUT2D eigenvalue weighted by molar-refractivity contribution is 0.811. The van der Waals surface area contributed by atoms with Crippen LogP contribution in [0.5, 0.6) is 0 Å². The fourth-order valence-electron chi connectivity index (χ4n) is 1.41. The largest absolute Gasteiger partial charge is 0.324 e. The summed E-state index contributed by atoms with van der Waals surface area (Å²) in [7, 11) is 0. The zero-order valence-electron chi connectivity index (χ0n) is 9.57. The normalized spacial score (nSPS) is 12.7. The number of aromatic nitrogens is 3. The summed E-state index contributed by atoms with van der Waals surface area (Å²) in [5.41, 5.74) is 6.95. The van der Waals surface area contributed by atoms with Crippen LogP contribution in [0.15, 0.2) is 32.7 Å². The second-order valence-corrected chi connectivity index (χ2v) is 5.67. The number of hydrogen-bond donors (Lipinski definition) is 2. The zero-order chi connectivity index (χ0) is 12.4. The van der Waals surface area contributed by atoms with Crippen LogP contribution in [0.3, 0.4) is 0 Å². The summed E-state index contributed by atoms with van der Waals surface area (Å²) in [5.74, 6) is 0.818. The van der Waals surface area contributed by atoms with Gasteiger partial charge in [-0.2, -0.15) is 0 Å². The van der Waals surface area contributed by atoms with E-state index in [0.717, 1.165) is 25.9 Å².